The first-order valence-corrected chi connectivity index (χ1v) is 7.67. The van der Waals surface area contributed by atoms with Gasteiger partial charge in [-0.2, -0.15) is 0 Å². The van der Waals surface area contributed by atoms with Crippen molar-refractivity contribution in [2.24, 2.45) is 0 Å². The number of nitrogens with zero attached hydrogens (tertiary/aromatic N) is 1. The maximum absolute atomic E-state index is 3.73. The minimum atomic E-state index is 0.113. The third-order valence-corrected chi connectivity index (χ3v) is 4.80. The van der Waals surface area contributed by atoms with Crippen LogP contribution in [0.3, 0.4) is 0 Å². The molecule has 0 bridgehead atoms. The Morgan fingerprint density at radius 1 is 1.32 bits per heavy atom. The van der Waals surface area contributed by atoms with E-state index in [4.69, 9.17) is 0 Å². The van der Waals surface area contributed by atoms with Crippen LogP contribution in [0.5, 0.6) is 0 Å². The van der Waals surface area contributed by atoms with Gasteiger partial charge in [-0.25, -0.2) is 0 Å². The Balaban J connectivity index is 2.30. The zero-order chi connectivity index (χ0) is 13.9. The molecule has 1 aliphatic rings. The summed E-state index contributed by atoms with van der Waals surface area (Å²) in [6, 6.07) is 12.2. The molecule has 0 radical (unpaired) electrons. The summed E-state index contributed by atoms with van der Waals surface area (Å²) >= 11 is 0. The lowest BCUT2D eigenvalue weighted by Gasteiger charge is -2.51. The number of hydrogen-bond acceptors (Lipinski definition) is 2. The second-order valence-electron chi connectivity index (χ2n) is 6.04. The fraction of sp³-hybridized carbons (Fsp3) is 0.647. The van der Waals surface area contributed by atoms with Crippen molar-refractivity contribution in [2.75, 3.05) is 13.1 Å². The number of nitrogens with one attached hydrogen (secondary N) is 1. The normalized spacial score (nSPS) is 30.2. The van der Waals surface area contributed by atoms with Crippen LogP contribution in [0.2, 0.25) is 0 Å². The van der Waals surface area contributed by atoms with Gasteiger partial charge in [-0.3, -0.25) is 4.90 Å². The molecule has 1 N–H and O–H groups in total. The van der Waals surface area contributed by atoms with Crippen molar-refractivity contribution < 1.29 is 0 Å². The van der Waals surface area contributed by atoms with E-state index in [1.807, 2.05) is 0 Å². The third-order valence-electron chi connectivity index (χ3n) is 4.80. The van der Waals surface area contributed by atoms with Gasteiger partial charge < -0.3 is 5.32 Å². The van der Waals surface area contributed by atoms with Crippen LogP contribution in [0.1, 0.15) is 46.1 Å². The van der Waals surface area contributed by atoms with E-state index in [1.165, 1.54) is 18.4 Å². The predicted molar refractivity (Wildman–Crippen MR) is 82.3 cm³/mol. The van der Waals surface area contributed by atoms with Crippen LogP contribution in [0.25, 0.3) is 0 Å². The molecule has 106 valence electrons. The second-order valence-corrected chi connectivity index (χ2v) is 6.04. The van der Waals surface area contributed by atoms with Crippen LogP contribution in [0.4, 0.5) is 0 Å². The molecule has 1 aromatic rings. The van der Waals surface area contributed by atoms with Crippen molar-refractivity contribution in [3.05, 3.63) is 35.9 Å². The molecule has 0 amide bonds. The van der Waals surface area contributed by atoms with E-state index in [0.717, 1.165) is 13.1 Å². The van der Waals surface area contributed by atoms with Gasteiger partial charge in [0.25, 0.3) is 0 Å². The summed E-state index contributed by atoms with van der Waals surface area (Å²) < 4.78 is 0. The Kier molecular flexibility index (Phi) is 4.64. The van der Waals surface area contributed by atoms with Crippen LogP contribution < -0.4 is 5.32 Å². The standard InChI is InChI=1S/C17H28N2/c1-5-14(3)19-12-16(6-2)18-13-17(19,4)15-10-8-7-9-11-15/h7-11,14,16,18H,5-6,12-13H2,1-4H3. The smallest absolute Gasteiger partial charge is 0.0560 e. The summed E-state index contributed by atoms with van der Waals surface area (Å²) in [6.45, 7) is 11.5. The van der Waals surface area contributed by atoms with E-state index < -0.39 is 0 Å². The molecular formula is C17H28N2. The Morgan fingerprint density at radius 3 is 2.58 bits per heavy atom. The molecule has 1 aliphatic heterocycles. The first-order chi connectivity index (χ1) is 9.11. The molecule has 2 heteroatoms. The van der Waals surface area contributed by atoms with Gasteiger partial charge in [-0.05, 0) is 32.3 Å². The summed E-state index contributed by atoms with van der Waals surface area (Å²) in [7, 11) is 0. The zero-order valence-electron chi connectivity index (χ0n) is 12.8. The van der Waals surface area contributed by atoms with Crippen LogP contribution in [0, 0.1) is 0 Å². The lowest BCUT2D eigenvalue weighted by atomic mass is 9.85. The Bertz CT molecular complexity index is 390. The van der Waals surface area contributed by atoms with Gasteiger partial charge in [0.05, 0.1) is 5.54 Å². The molecule has 0 spiro atoms. The number of piperazine rings is 1. The molecule has 2 rings (SSSR count). The third kappa shape index (κ3) is 2.85. The van der Waals surface area contributed by atoms with Gasteiger partial charge in [0.2, 0.25) is 0 Å². The SMILES string of the molecule is CCC1CN(C(C)CC)C(C)(c2ccccc2)CN1. The summed E-state index contributed by atoms with van der Waals surface area (Å²) in [5, 5.41) is 3.73. The quantitative estimate of drug-likeness (QED) is 0.893. The molecule has 1 heterocycles. The van der Waals surface area contributed by atoms with Crippen LogP contribution in [0.15, 0.2) is 30.3 Å². The average Bonchev–Trinajstić information content (AvgIpc) is 2.48. The summed E-state index contributed by atoms with van der Waals surface area (Å²) in [5.74, 6) is 0. The highest BCUT2D eigenvalue weighted by Gasteiger charge is 2.40. The lowest BCUT2D eigenvalue weighted by molar-refractivity contribution is 0.0138. The van der Waals surface area contributed by atoms with Crippen molar-refractivity contribution in [2.45, 2.75) is 58.2 Å². The van der Waals surface area contributed by atoms with Gasteiger partial charge in [-0.1, -0.05) is 44.2 Å². The van der Waals surface area contributed by atoms with Crippen molar-refractivity contribution in [1.29, 1.82) is 0 Å². The Hall–Kier alpha value is -0.860. The number of hydrogen-bond donors (Lipinski definition) is 1. The predicted octanol–water partition coefficient (Wildman–Crippen LogP) is 3.38. The van der Waals surface area contributed by atoms with Crippen LogP contribution >= 0.6 is 0 Å². The van der Waals surface area contributed by atoms with Gasteiger partial charge in [-0.15, -0.1) is 0 Å². The molecule has 0 aromatic heterocycles. The second kappa shape index (κ2) is 6.06. The topological polar surface area (TPSA) is 15.3 Å². The molecule has 1 saturated heterocycles. The van der Waals surface area contributed by atoms with Crippen LogP contribution in [-0.4, -0.2) is 30.1 Å². The first kappa shape index (κ1) is 14.5. The summed E-state index contributed by atoms with van der Waals surface area (Å²) in [6.07, 6.45) is 2.41. The minimum absolute atomic E-state index is 0.113. The van der Waals surface area contributed by atoms with Gasteiger partial charge >= 0.3 is 0 Å². The number of rotatable bonds is 4. The number of benzene rings is 1. The van der Waals surface area contributed by atoms with E-state index in [9.17, 15) is 0 Å². The van der Waals surface area contributed by atoms with E-state index >= 15 is 0 Å². The molecule has 19 heavy (non-hydrogen) atoms. The van der Waals surface area contributed by atoms with Crippen molar-refractivity contribution >= 4 is 0 Å². The summed E-state index contributed by atoms with van der Waals surface area (Å²) in [4.78, 5) is 2.70. The zero-order valence-corrected chi connectivity index (χ0v) is 12.8. The maximum atomic E-state index is 3.73. The highest BCUT2D eigenvalue weighted by atomic mass is 15.3. The highest BCUT2D eigenvalue weighted by molar-refractivity contribution is 5.25. The van der Waals surface area contributed by atoms with Crippen molar-refractivity contribution in [3.8, 4) is 0 Å². The van der Waals surface area contributed by atoms with E-state index in [0.29, 0.717) is 12.1 Å². The summed E-state index contributed by atoms with van der Waals surface area (Å²) in [5.41, 5.74) is 1.54. The van der Waals surface area contributed by atoms with Gasteiger partial charge in [0, 0.05) is 25.2 Å². The fourth-order valence-electron chi connectivity index (χ4n) is 3.17. The average molecular weight is 260 g/mol. The molecule has 0 aliphatic carbocycles. The first-order valence-electron chi connectivity index (χ1n) is 7.67. The Morgan fingerprint density at radius 2 is 2.00 bits per heavy atom. The molecule has 3 atom stereocenters. The van der Waals surface area contributed by atoms with Gasteiger partial charge in [0.15, 0.2) is 0 Å². The molecule has 1 fully saturated rings. The molecule has 2 nitrogen and oxygen atoms in total. The fourth-order valence-corrected chi connectivity index (χ4v) is 3.17. The van der Waals surface area contributed by atoms with Crippen molar-refractivity contribution in [3.63, 3.8) is 0 Å². The largest absolute Gasteiger partial charge is 0.311 e. The van der Waals surface area contributed by atoms with Gasteiger partial charge in [0.1, 0.15) is 0 Å². The molecule has 3 unspecified atom stereocenters. The van der Waals surface area contributed by atoms with Crippen LogP contribution in [-0.2, 0) is 5.54 Å². The molecular weight excluding hydrogens is 232 g/mol. The maximum Gasteiger partial charge on any atom is 0.0560 e. The van der Waals surface area contributed by atoms with E-state index in [2.05, 4.69) is 68.2 Å². The highest BCUT2D eigenvalue weighted by Crippen LogP contribution is 2.33. The molecule has 1 aromatic carbocycles. The Labute approximate surface area is 118 Å². The minimum Gasteiger partial charge on any atom is -0.311 e. The van der Waals surface area contributed by atoms with E-state index in [1.54, 1.807) is 0 Å². The monoisotopic (exact) mass is 260 g/mol. The molecule has 0 saturated carbocycles. The van der Waals surface area contributed by atoms with Crippen molar-refractivity contribution in [1.82, 2.24) is 10.2 Å². The lowest BCUT2D eigenvalue weighted by Crippen LogP contribution is -2.63. The van der Waals surface area contributed by atoms with E-state index in [-0.39, 0.29) is 5.54 Å².